The molecule has 0 aromatic rings. The Labute approximate surface area is 140 Å². The highest BCUT2D eigenvalue weighted by Crippen LogP contribution is 2.54. The van der Waals surface area contributed by atoms with Crippen LogP contribution in [0, 0.1) is 0 Å². The lowest BCUT2D eigenvalue weighted by molar-refractivity contribution is -0.139. The van der Waals surface area contributed by atoms with Crippen LogP contribution in [0.25, 0.3) is 0 Å². The highest BCUT2D eigenvalue weighted by Gasteiger charge is 2.54. The molecule has 0 bridgehead atoms. The van der Waals surface area contributed by atoms with Crippen LogP contribution in [0.2, 0.25) is 0 Å². The summed E-state index contributed by atoms with van der Waals surface area (Å²) in [4.78, 5) is 34.5. The van der Waals surface area contributed by atoms with E-state index in [1.54, 1.807) is 18.7 Å². The molecule has 9 heteroatoms. The van der Waals surface area contributed by atoms with Crippen LogP contribution in [0.4, 0.5) is 0 Å². The van der Waals surface area contributed by atoms with Crippen LogP contribution in [-0.4, -0.2) is 56.0 Å². The first kappa shape index (κ1) is 21.7. The van der Waals surface area contributed by atoms with Gasteiger partial charge in [0, 0.05) is 9.49 Å². The Kier molecular flexibility index (Phi) is 7.07. The molecule has 8 nitrogen and oxygen atoms in total. The maximum Gasteiger partial charge on any atom is 0.305 e. The van der Waals surface area contributed by atoms with Crippen LogP contribution < -0.4 is 16.4 Å². The second-order valence-electron chi connectivity index (χ2n) is 6.69. The molecule has 0 aromatic carbocycles. The molecule has 0 aliphatic carbocycles. The molecule has 2 amide bonds. The van der Waals surface area contributed by atoms with Crippen molar-refractivity contribution in [1.82, 2.24) is 10.6 Å². The number of carbonyl (C=O) groups excluding carboxylic acids is 2. The van der Waals surface area contributed by atoms with Gasteiger partial charge in [0.25, 0.3) is 0 Å². The predicted octanol–water partition coefficient (Wildman–Crippen LogP) is -0.743. The first-order valence-corrected chi connectivity index (χ1v) is 7.97. The van der Waals surface area contributed by atoms with Crippen molar-refractivity contribution < 1.29 is 25.0 Å². The monoisotopic (exact) mass is 349 g/mol. The average molecular weight is 349 g/mol. The maximum absolute atomic E-state index is 12.2. The van der Waals surface area contributed by atoms with Crippen molar-refractivity contribution >= 4 is 29.5 Å². The van der Waals surface area contributed by atoms with Crippen LogP contribution in [0.3, 0.4) is 0 Å². The van der Waals surface area contributed by atoms with Crippen molar-refractivity contribution in [2.75, 3.05) is 0 Å². The fraction of sp³-hybridized carbons (Fsp3) is 0.786. The number of thioether (sulfide) groups is 1. The summed E-state index contributed by atoms with van der Waals surface area (Å²) in [7, 11) is 0. The molecule has 7 N–H and O–H groups in total. The van der Waals surface area contributed by atoms with E-state index in [0.29, 0.717) is 0 Å². The Bertz CT molecular complexity index is 467. The molecule has 0 unspecified atom stereocenters. The molecule has 2 atom stereocenters. The quantitative estimate of drug-likeness (QED) is 0.495. The molecule has 1 rings (SSSR count). The van der Waals surface area contributed by atoms with Gasteiger partial charge in [-0.3, -0.25) is 14.4 Å². The van der Waals surface area contributed by atoms with E-state index >= 15 is 0 Å². The van der Waals surface area contributed by atoms with Gasteiger partial charge < -0.3 is 26.9 Å². The van der Waals surface area contributed by atoms with Gasteiger partial charge in [-0.15, -0.1) is 11.8 Å². The smallest absolute Gasteiger partial charge is 0.305 e. The average Bonchev–Trinajstić information content (AvgIpc) is 2.32. The van der Waals surface area contributed by atoms with Crippen molar-refractivity contribution in [3.63, 3.8) is 0 Å². The van der Waals surface area contributed by atoms with Crippen molar-refractivity contribution in [1.29, 1.82) is 0 Å². The number of amides is 2. The number of rotatable bonds is 6. The third kappa shape index (κ3) is 5.36. The second-order valence-corrected chi connectivity index (χ2v) is 8.99. The summed E-state index contributed by atoms with van der Waals surface area (Å²) in [5.74, 6) is -2.11. The molecule has 0 spiro atoms. The molecule has 134 valence electrons. The van der Waals surface area contributed by atoms with Crippen molar-refractivity contribution in [2.45, 2.75) is 68.7 Å². The minimum atomic E-state index is -1.17. The molecule has 0 radical (unpaired) electrons. The zero-order chi connectivity index (χ0) is 17.3. The van der Waals surface area contributed by atoms with Crippen LogP contribution in [0.1, 0.15) is 41.0 Å². The second kappa shape index (κ2) is 7.50. The van der Waals surface area contributed by atoms with Crippen molar-refractivity contribution in [2.24, 2.45) is 5.73 Å². The molecule has 0 saturated carbocycles. The van der Waals surface area contributed by atoms with Gasteiger partial charge in [-0.25, -0.2) is 0 Å². The lowest BCUT2D eigenvalue weighted by Gasteiger charge is -2.57. The van der Waals surface area contributed by atoms with E-state index in [2.05, 4.69) is 38.3 Å². The standard InChI is InChI=1S/C14H25N3O4S.H2O/c1-7(16-11(21)8(15)6-9(18)19)10(20)17-12-13(2,3)22-14(12,4)5;/h7-8,12H,6,15H2,1-5H3,(H,16,21)(H,17,20)(H,18,19);1H2/t7-,8-;/m1./s1. The summed E-state index contributed by atoms with van der Waals surface area (Å²) in [6.45, 7) is 9.77. The number of carbonyl (C=O) groups is 3. The Balaban J connectivity index is 0.00000484. The van der Waals surface area contributed by atoms with E-state index in [1.807, 2.05) is 0 Å². The van der Waals surface area contributed by atoms with Crippen LogP contribution >= 0.6 is 11.8 Å². The third-order valence-corrected chi connectivity index (χ3v) is 5.21. The SMILES string of the molecule is C[C@@H](NC(=O)[C@H](N)CC(=O)O)C(=O)NC1C(C)(C)SC1(C)C.O. The summed E-state index contributed by atoms with van der Waals surface area (Å²) in [6, 6.07) is -1.95. The molecular weight excluding hydrogens is 322 g/mol. The number of aliphatic carboxylic acids is 1. The topological polar surface area (TPSA) is 153 Å². The van der Waals surface area contributed by atoms with E-state index in [9.17, 15) is 14.4 Å². The van der Waals surface area contributed by atoms with Crippen LogP contribution in [0.5, 0.6) is 0 Å². The van der Waals surface area contributed by atoms with Gasteiger partial charge in [-0.2, -0.15) is 0 Å². The zero-order valence-electron chi connectivity index (χ0n) is 14.1. The first-order valence-electron chi connectivity index (χ1n) is 7.15. The molecule has 1 saturated heterocycles. The summed E-state index contributed by atoms with van der Waals surface area (Å²) >= 11 is 1.79. The fourth-order valence-electron chi connectivity index (χ4n) is 2.86. The Hall–Kier alpha value is -1.32. The summed E-state index contributed by atoms with van der Waals surface area (Å²) < 4.78 is -0.134. The maximum atomic E-state index is 12.2. The number of nitrogens with two attached hydrogens (primary N) is 1. The zero-order valence-corrected chi connectivity index (χ0v) is 14.9. The fourth-order valence-corrected chi connectivity index (χ4v) is 4.97. The first-order chi connectivity index (χ1) is 9.86. The highest BCUT2D eigenvalue weighted by molar-refractivity contribution is 8.03. The van der Waals surface area contributed by atoms with Gasteiger partial charge in [-0.1, -0.05) is 0 Å². The lowest BCUT2D eigenvalue weighted by atomic mass is 9.89. The molecular formula is C14H27N3O5S. The van der Waals surface area contributed by atoms with E-state index in [1.165, 1.54) is 0 Å². The summed E-state index contributed by atoms with van der Waals surface area (Å²) in [5.41, 5.74) is 5.46. The Morgan fingerprint density at radius 3 is 2.04 bits per heavy atom. The van der Waals surface area contributed by atoms with Gasteiger partial charge in [0.2, 0.25) is 11.8 Å². The summed E-state index contributed by atoms with van der Waals surface area (Å²) in [5, 5.41) is 14.0. The normalized spacial score (nSPS) is 21.1. The van der Waals surface area contributed by atoms with Gasteiger partial charge in [0.1, 0.15) is 6.04 Å². The molecule has 23 heavy (non-hydrogen) atoms. The van der Waals surface area contributed by atoms with E-state index in [0.717, 1.165) is 0 Å². The van der Waals surface area contributed by atoms with E-state index in [-0.39, 0.29) is 26.9 Å². The number of carboxylic acids is 1. The van der Waals surface area contributed by atoms with Crippen LogP contribution in [0.15, 0.2) is 0 Å². The summed E-state index contributed by atoms with van der Waals surface area (Å²) in [6.07, 6.45) is -0.473. The van der Waals surface area contributed by atoms with Gasteiger partial charge in [0.05, 0.1) is 18.5 Å². The van der Waals surface area contributed by atoms with Gasteiger partial charge in [-0.05, 0) is 34.6 Å². The Morgan fingerprint density at radius 2 is 1.65 bits per heavy atom. The van der Waals surface area contributed by atoms with Gasteiger partial charge in [0.15, 0.2) is 0 Å². The molecule has 1 aliphatic rings. The number of hydrogen-bond acceptors (Lipinski definition) is 5. The molecule has 1 aliphatic heterocycles. The largest absolute Gasteiger partial charge is 0.481 e. The Morgan fingerprint density at radius 1 is 1.17 bits per heavy atom. The van der Waals surface area contributed by atoms with E-state index in [4.69, 9.17) is 10.8 Å². The predicted molar refractivity (Wildman–Crippen MR) is 89.1 cm³/mol. The molecule has 1 heterocycles. The minimum Gasteiger partial charge on any atom is -0.481 e. The number of carboxylic acid groups (broad SMARTS) is 1. The number of nitrogens with one attached hydrogen (secondary N) is 2. The molecule has 0 aromatic heterocycles. The van der Waals surface area contributed by atoms with Crippen molar-refractivity contribution in [3.8, 4) is 0 Å². The lowest BCUT2D eigenvalue weighted by Crippen LogP contribution is -2.68. The highest BCUT2D eigenvalue weighted by atomic mass is 32.2. The van der Waals surface area contributed by atoms with E-state index < -0.39 is 30.4 Å². The molecule has 1 fully saturated rings. The van der Waals surface area contributed by atoms with Crippen LogP contribution in [-0.2, 0) is 14.4 Å². The minimum absolute atomic E-state index is 0. The van der Waals surface area contributed by atoms with Crippen molar-refractivity contribution in [3.05, 3.63) is 0 Å². The van der Waals surface area contributed by atoms with Gasteiger partial charge >= 0.3 is 5.97 Å². The number of hydrogen-bond donors (Lipinski definition) is 4. The third-order valence-electron chi connectivity index (χ3n) is 3.69.